The summed E-state index contributed by atoms with van der Waals surface area (Å²) in [5.74, 6) is 0.217. The Bertz CT molecular complexity index is 432. The summed E-state index contributed by atoms with van der Waals surface area (Å²) in [6.45, 7) is 1.09. The Balaban J connectivity index is 1.76. The van der Waals surface area contributed by atoms with E-state index in [0.717, 1.165) is 24.8 Å². The van der Waals surface area contributed by atoms with E-state index in [2.05, 4.69) is 10.4 Å². The predicted octanol–water partition coefficient (Wildman–Crippen LogP) is 0.722. The van der Waals surface area contributed by atoms with E-state index in [1.165, 1.54) is 0 Å². The van der Waals surface area contributed by atoms with Crippen LogP contribution < -0.4 is 5.32 Å². The van der Waals surface area contributed by atoms with Crippen LogP contribution in [0.2, 0.25) is 0 Å². The zero-order valence-electron chi connectivity index (χ0n) is 11.5. The molecular formula is C13H22N4O2. The monoisotopic (exact) mass is 266 g/mol. The van der Waals surface area contributed by atoms with E-state index < -0.39 is 0 Å². The number of aliphatic hydroxyl groups excluding tert-OH is 1. The van der Waals surface area contributed by atoms with Gasteiger partial charge in [-0.1, -0.05) is 6.42 Å². The van der Waals surface area contributed by atoms with Crippen molar-refractivity contribution in [3.63, 3.8) is 0 Å². The van der Waals surface area contributed by atoms with Crippen molar-refractivity contribution in [2.75, 3.05) is 13.6 Å². The molecular weight excluding hydrogens is 244 g/mol. The second kappa shape index (κ2) is 6.06. The highest BCUT2D eigenvalue weighted by Crippen LogP contribution is 2.25. The first-order valence-electron chi connectivity index (χ1n) is 6.71. The molecule has 1 aromatic heterocycles. The van der Waals surface area contributed by atoms with Gasteiger partial charge in [-0.3, -0.25) is 4.68 Å². The van der Waals surface area contributed by atoms with Crippen molar-refractivity contribution in [1.82, 2.24) is 20.0 Å². The van der Waals surface area contributed by atoms with Crippen LogP contribution in [0.5, 0.6) is 0 Å². The molecule has 106 valence electrons. The molecule has 2 atom stereocenters. The Morgan fingerprint density at radius 1 is 1.63 bits per heavy atom. The van der Waals surface area contributed by atoms with Gasteiger partial charge in [0.25, 0.3) is 0 Å². The lowest BCUT2D eigenvalue weighted by molar-refractivity contribution is 0.114. The number of hydrogen-bond acceptors (Lipinski definition) is 3. The van der Waals surface area contributed by atoms with E-state index in [1.54, 1.807) is 22.8 Å². The first kappa shape index (κ1) is 13.9. The zero-order chi connectivity index (χ0) is 13.8. The molecule has 0 aromatic carbocycles. The number of nitrogens with zero attached hydrogens (tertiary/aromatic N) is 3. The molecule has 19 heavy (non-hydrogen) atoms. The largest absolute Gasteiger partial charge is 0.393 e. The highest BCUT2D eigenvalue weighted by atomic mass is 16.3. The number of carbonyl (C=O) groups excluding carboxylic acids is 1. The molecule has 6 heteroatoms. The van der Waals surface area contributed by atoms with Crippen molar-refractivity contribution in [2.45, 2.75) is 31.9 Å². The normalized spacial score (nSPS) is 22.5. The summed E-state index contributed by atoms with van der Waals surface area (Å²) in [6, 6.07) is -0.108. The molecule has 1 aliphatic rings. The Morgan fingerprint density at radius 2 is 2.42 bits per heavy atom. The Morgan fingerprint density at radius 3 is 3.00 bits per heavy atom. The van der Waals surface area contributed by atoms with Crippen molar-refractivity contribution in [3.8, 4) is 0 Å². The summed E-state index contributed by atoms with van der Waals surface area (Å²) in [5, 5.41) is 16.7. The van der Waals surface area contributed by atoms with E-state index in [0.29, 0.717) is 13.1 Å². The van der Waals surface area contributed by atoms with E-state index in [1.807, 2.05) is 13.2 Å². The molecule has 0 saturated heterocycles. The van der Waals surface area contributed by atoms with E-state index >= 15 is 0 Å². The Labute approximate surface area is 113 Å². The first-order valence-corrected chi connectivity index (χ1v) is 6.71. The van der Waals surface area contributed by atoms with E-state index in [4.69, 9.17) is 0 Å². The fourth-order valence-electron chi connectivity index (χ4n) is 2.54. The fourth-order valence-corrected chi connectivity index (χ4v) is 2.54. The van der Waals surface area contributed by atoms with E-state index in [-0.39, 0.29) is 18.1 Å². The standard InChI is InChI=1S/C13H22N4O2/c1-16(9-11-4-3-5-12(11)18)13(19)14-6-10-7-15-17(2)8-10/h7-8,11-12,18H,3-6,9H2,1-2H3,(H,14,19). The van der Waals surface area contributed by atoms with Crippen LogP contribution in [0, 0.1) is 5.92 Å². The minimum absolute atomic E-state index is 0.108. The third kappa shape index (κ3) is 3.70. The molecule has 2 unspecified atom stereocenters. The number of aromatic nitrogens is 2. The summed E-state index contributed by atoms with van der Waals surface area (Å²) in [5.41, 5.74) is 0.977. The molecule has 1 aliphatic carbocycles. The van der Waals surface area contributed by atoms with Crippen LogP contribution in [-0.4, -0.2) is 45.5 Å². The number of aliphatic hydroxyl groups is 1. The summed E-state index contributed by atoms with van der Waals surface area (Å²) in [6.07, 6.45) is 6.27. The quantitative estimate of drug-likeness (QED) is 0.843. The average Bonchev–Trinajstić information content (AvgIpc) is 2.96. The lowest BCUT2D eigenvalue weighted by Crippen LogP contribution is -2.40. The summed E-state index contributed by atoms with van der Waals surface area (Å²) < 4.78 is 1.71. The van der Waals surface area contributed by atoms with Crippen LogP contribution in [0.3, 0.4) is 0 Å². The van der Waals surface area contributed by atoms with Gasteiger partial charge in [-0.2, -0.15) is 5.10 Å². The topological polar surface area (TPSA) is 70.4 Å². The third-order valence-corrected chi connectivity index (χ3v) is 3.68. The maximum absolute atomic E-state index is 11.9. The molecule has 2 rings (SSSR count). The number of urea groups is 1. The second-order valence-corrected chi connectivity index (χ2v) is 5.32. The van der Waals surface area contributed by atoms with Gasteiger partial charge < -0.3 is 15.3 Å². The van der Waals surface area contributed by atoms with Gasteiger partial charge in [0, 0.05) is 44.9 Å². The van der Waals surface area contributed by atoms with Crippen molar-refractivity contribution >= 4 is 6.03 Å². The van der Waals surface area contributed by atoms with Crippen LogP contribution in [-0.2, 0) is 13.6 Å². The van der Waals surface area contributed by atoms with E-state index in [9.17, 15) is 9.90 Å². The zero-order valence-corrected chi connectivity index (χ0v) is 11.5. The van der Waals surface area contributed by atoms with Gasteiger partial charge in [0.05, 0.1) is 12.3 Å². The maximum atomic E-state index is 11.9. The molecule has 1 aromatic rings. The highest BCUT2D eigenvalue weighted by molar-refractivity contribution is 5.73. The number of aryl methyl sites for hydroxylation is 1. The number of rotatable bonds is 4. The second-order valence-electron chi connectivity index (χ2n) is 5.32. The molecule has 2 N–H and O–H groups in total. The maximum Gasteiger partial charge on any atom is 0.317 e. The molecule has 1 heterocycles. The molecule has 6 nitrogen and oxygen atoms in total. The fraction of sp³-hybridized carbons (Fsp3) is 0.692. The van der Waals surface area contributed by atoms with Gasteiger partial charge in [0.15, 0.2) is 0 Å². The lowest BCUT2D eigenvalue weighted by Gasteiger charge is -2.23. The molecule has 0 aliphatic heterocycles. The molecule has 0 radical (unpaired) electrons. The third-order valence-electron chi connectivity index (χ3n) is 3.68. The van der Waals surface area contributed by atoms with Gasteiger partial charge in [0.2, 0.25) is 0 Å². The van der Waals surface area contributed by atoms with Gasteiger partial charge >= 0.3 is 6.03 Å². The molecule has 2 amide bonds. The van der Waals surface area contributed by atoms with Crippen molar-refractivity contribution in [3.05, 3.63) is 18.0 Å². The molecule has 0 spiro atoms. The lowest BCUT2D eigenvalue weighted by atomic mass is 10.1. The average molecular weight is 266 g/mol. The minimum atomic E-state index is -0.256. The predicted molar refractivity (Wildman–Crippen MR) is 71.4 cm³/mol. The van der Waals surface area contributed by atoms with Crippen LogP contribution in [0.25, 0.3) is 0 Å². The van der Waals surface area contributed by atoms with Crippen LogP contribution in [0.4, 0.5) is 4.79 Å². The smallest absolute Gasteiger partial charge is 0.317 e. The minimum Gasteiger partial charge on any atom is -0.393 e. The van der Waals surface area contributed by atoms with Crippen LogP contribution in [0.15, 0.2) is 12.4 Å². The number of carbonyl (C=O) groups is 1. The molecule has 1 fully saturated rings. The number of nitrogens with one attached hydrogen (secondary N) is 1. The summed E-state index contributed by atoms with van der Waals surface area (Å²) >= 11 is 0. The van der Waals surface area contributed by atoms with Crippen LogP contribution in [0.1, 0.15) is 24.8 Å². The highest BCUT2D eigenvalue weighted by Gasteiger charge is 2.27. The van der Waals surface area contributed by atoms with Crippen molar-refractivity contribution < 1.29 is 9.90 Å². The van der Waals surface area contributed by atoms with Crippen molar-refractivity contribution in [1.29, 1.82) is 0 Å². The number of hydrogen-bond donors (Lipinski definition) is 2. The first-order chi connectivity index (χ1) is 9.06. The van der Waals surface area contributed by atoms with Gasteiger partial charge in [0.1, 0.15) is 0 Å². The Hall–Kier alpha value is -1.56. The van der Waals surface area contributed by atoms with Gasteiger partial charge in [-0.25, -0.2) is 4.79 Å². The van der Waals surface area contributed by atoms with Gasteiger partial charge in [-0.05, 0) is 12.8 Å². The van der Waals surface area contributed by atoms with Crippen LogP contribution >= 0.6 is 0 Å². The molecule has 1 saturated carbocycles. The SMILES string of the molecule is CN(CC1CCCC1O)C(=O)NCc1cnn(C)c1. The van der Waals surface area contributed by atoms with Gasteiger partial charge in [-0.15, -0.1) is 0 Å². The summed E-state index contributed by atoms with van der Waals surface area (Å²) in [7, 11) is 3.61. The summed E-state index contributed by atoms with van der Waals surface area (Å²) in [4.78, 5) is 13.6. The Kier molecular flexibility index (Phi) is 4.42. The number of amides is 2. The van der Waals surface area contributed by atoms with Crippen molar-refractivity contribution in [2.24, 2.45) is 13.0 Å². The molecule has 0 bridgehead atoms.